The van der Waals surface area contributed by atoms with Crippen molar-refractivity contribution in [3.63, 3.8) is 0 Å². The Morgan fingerprint density at radius 2 is 0.765 bits per heavy atom. The van der Waals surface area contributed by atoms with E-state index in [1.807, 2.05) is 0 Å². The second-order valence-electron chi connectivity index (χ2n) is 4.71. The van der Waals surface area contributed by atoms with E-state index in [0.717, 1.165) is 0 Å². The maximum absolute atomic E-state index is 7.26. The molecule has 0 nitrogen and oxygen atoms in total. The standard InChI is InChI=1S/3C5H5.ClH.Sn/c3*1-2-4-5-3-1;;/h3*1-5H;1H;/q;;;;+1/p-1. The molecule has 0 aromatic rings. The third-order valence-corrected chi connectivity index (χ3v) is 20.9. The molecule has 0 aromatic carbocycles. The van der Waals surface area contributed by atoms with Crippen molar-refractivity contribution in [2.45, 2.75) is 11.8 Å². The van der Waals surface area contributed by atoms with Crippen LogP contribution >= 0.6 is 8.92 Å². The molecule has 0 saturated carbocycles. The summed E-state index contributed by atoms with van der Waals surface area (Å²) in [5.41, 5.74) is 0. The van der Waals surface area contributed by atoms with E-state index in [4.69, 9.17) is 8.92 Å². The molecule has 0 atom stereocenters. The van der Waals surface area contributed by atoms with Crippen LogP contribution in [0.2, 0.25) is 11.8 Å². The van der Waals surface area contributed by atoms with Crippen LogP contribution < -0.4 is 0 Å². The molecule has 3 rings (SSSR count). The van der Waals surface area contributed by atoms with Gasteiger partial charge >= 0.3 is 111 Å². The summed E-state index contributed by atoms with van der Waals surface area (Å²) in [6.45, 7) is 0. The molecule has 0 aliphatic heterocycles. The van der Waals surface area contributed by atoms with Crippen molar-refractivity contribution in [1.29, 1.82) is 0 Å². The van der Waals surface area contributed by atoms with Crippen LogP contribution in [-0.4, -0.2) is 17.3 Å². The molecule has 0 heterocycles. The van der Waals surface area contributed by atoms with Gasteiger partial charge in [-0.1, -0.05) is 0 Å². The minimum atomic E-state index is -2.86. The fourth-order valence-corrected chi connectivity index (χ4v) is 16.5. The number of rotatable bonds is 3. The molecule has 0 saturated heterocycles. The van der Waals surface area contributed by atoms with Crippen LogP contribution in [0.15, 0.2) is 72.9 Å². The molecule has 0 spiro atoms. The molecule has 0 unspecified atom stereocenters. The summed E-state index contributed by atoms with van der Waals surface area (Å²) in [6.07, 6.45) is 26.6. The predicted octanol–water partition coefficient (Wildman–Crippen LogP) is 4.66. The molecule has 0 fully saturated rings. The van der Waals surface area contributed by atoms with Crippen molar-refractivity contribution in [2.24, 2.45) is 0 Å². The molecular weight excluding hydrogens is 334 g/mol. The van der Waals surface area contributed by atoms with Gasteiger partial charge in [0.1, 0.15) is 0 Å². The van der Waals surface area contributed by atoms with Crippen LogP contribution in [-0.2, 0) is 0 Å². The van der Waals surface area contributed by atoms with Gasteiger partial charge in [0.05, 0.1) is 0 Å². The summed E-state index contributed by atoms with van der Waals surface area (Å²) in [5.74, 6) is 0. The first-order chi connectivity index (χ1) is 8.32. The third kappa shape index (κ3) is 1.91. The van der Waals surface area contributed by atoms with E-state index in [1.165, 1.54) is 0 Å². The van der Waals surface area contributed by atoms with Gasteiger partial charge in [-0.2, -0.15) is 0 Å². The van der Waals surface area contributed by atoms with Gasteiger partial charge in [0.25, 0.3) is 0 Å². The van der Waals surface area contributed by atoms with Crippen LogP contribution in [0.1, 0.15) is 0 Å². The van der Waals surface area contributed by atoms with Gasteiger partial charge in [0, 0.05) is 0 Å². The van der Waals surface area contributed by atoms with E-state index in [2.05, 4.69) is 72.9 Å². The van der Waals surface area contributed by atoms with Gasteiger partial charge < -0.3 is 0 Å². The summed E-state index contributed by atoms with van der Waals surface area (Å²) in [5, 5.41) is 0. The first kappa shape index (κ1) is 11.6. The molecule has 0 amide bonds. The normalized spacial score (nSPS) is 23.8. The second kappa shape index (κ2) is 4.66. The third-order valence-electron chi connectivity index (χ3n) is 3.78. The Kier molecular flexibility index (Phi) is 3.18. The Bertz CT molecular complexity index is 374. The van der Waals surface area contributed by atoms with E-state index < -0.39 is 17.3 Å². The summed E-state index contributed by atoms with van der Waals surface area (Å²) >= 11 is -2.86. The van der Waals surface area contributed by atoms with Crippen LogP contribution in [0.5, 0.6) is 0 Å². The first-order valence-corrected chi connectivity index (χ1v) is 14.6. The van der Waals surface area contributed by atoms with Crippen molar-refractivity contribution in [1.82, 2.24) is 0 Å². The zero-order chi connectivity index (χ0) is 11.7. The molecule has 0 aromatic heterocycles. The fourth-order valence-electron chi connectivity index (χ4n) is 2.85. The van der Waals surface area contributed by atoms with Crippen LogP contribution in [0.25, 0.3) is 0 Å². The Morgan fingerprint density at radius 3 is 1.00 bits per heavy atom. The molecule has 86 valence electrons. The average molecular weight is 349 g/mol. The summed E-state index contributed by atoms with van der Waals surface area (Å²) < 4.78 is 1.50. The van der Waals surface area contributed by atoms with Crippen LogP contribution in [0, 0.1) is 0 Å². The predicted molar refractivity (Wildman–Crippen MR) is 77.7 cm³/mol. The topological polar surface area (TPSA) is 0 Å². The zero-order valence-corrected chi connectivity index (χ0v) is 13.1. The molecule has 17 heavy (non-hydrogen) atoms. The molecule has 0 bridgehead atoms. The molecular formula is C15H15ClSn. The van der Waals surface area contributed by atoms with Crippen LogP contribution in [0.4, 0.5) is 0 Å². The van der Waals surface area contributed by atoms with Gasteiger partial charge in [-0.05, 0) is 0 Å². The van der Waals surface area contributed by atoms with Gasteiger partial charge in [-0.25, -0.2) is 0 Å². The minimum absolute atomic E-state index is 0.501. The first-order valence-electron chi connectivity index (χ1n) is 6.06. The fraction of sp³-hybridized carbons (Fsp3) is 0.200. The van der Waals surface area contributed by atoms with Crippen molar-refractivity contribution in [2.75, 3.05) is 0 Å². The number of hydrogen-bond donors (Lipinski definition) is 0. The monoisotopic (exact) mass is 350 g/mol. The molecule has 0 radical (unpaired) electrons. The maximum atomic E-state index is 7.26. The van der Waals surface area contributed by atoms with Crippen molar-refractivity contribution in [3.8, 4) is 0 Å². The Hall–Kier alpha value is -0.471. The Morgan fingerprint density at radius 1 is 0.529 bits per heavy atom. The van der Waals surface area contributed by atoms with Crippen molar-refractivity contribution >= 4 is 26.2 Å². The molecule has 3 aliphatic rings. The molecule has 0 N–H and O–H groups in total. The van der Waals surface area contributed by atoms with E-state index in [9.17, 15) is 0 Å². The summed E-state index contributed by atoms with van der Waals surface area (Å²) in [4.78, 5) is 0. The van der Waals surface area contributed by atoms with Crippen LogP contribution in [0.3, 0.4) is 0 Å². The SMILES string of the molecule is [Cl][Sn]([CH]1C=CC=C1)([CH]1C=CC=C1)[CH]1C=CC=C1. The van der Waals surface area contributed by atoms with Gasteiger partial charge in [-0.3, -0.25) is 0 Å². The van der Waals surface area contributed by atoms with E-state index >= 15 is 0 Å². The molecule has 3 aliphatic carbocycles. The van der Waals surface area contributed by atoms with E-state index in [-0.39, 0.29) is 0 Å². The van der Waals surface area contributed by atoms with E-state index in [1.54, 1.807) is 0 Å². The van der Waals surface area contributed by atoms with Crippen molar-refractivity contribution < 1.29 is 0 Å². The van der Waals surface area contributed by atoms with Gasteiger partial charge in [0.15, 0.2) is 0 Å². The van der Waals surface area contributed by atoms with Gasteiger partial charge in [0.2, 0.25) is 0 Å². The second-order valence-corrected chi connectivity index (χ2v) is 19.5. The molecule has 2 heteroatoms. The Balaban J connectivity index is 1.99. The summed E-state index contributed by atoms with van der Waals surface area (Å²) in [6, 6.07) is 0. The zero-order valence-electron chi connectivity index (χ0n) is 9.54. The Labute approximate surface area is 110 Å². The number of allylic oxidation sites excluding steroid dienone is 12. The summed E-state index contributed by atoms with van der Waals surface area (Å²) in [7, 11) is 7.26. The van der Waals surface area contributed by atoms with Crippen molar-refractivity contribution in [3.05, 3.63) is 72.9 Å². The van der Waals surface area contributed by atoms with Gasteiger partial charge in [-0.15, -0.1) is 0 Å². The number of hydrogen-bond acceptors (Lipinski definition) is 0. The van der Waals surface area contributed by atoms with E-state index in [0.29, 0.717) is 11.8 Å². The average Bonchev–Trinajstić information content (AvgIpc) is 3.10. The quantitative estimate of drug-likeness (QED) is 0.650. The number of halogens is 1.